The molecule has 0 heterocycles. The predicted molar refractivity (Wildman–Crippen MR) is 66.8 cm³/mol. The Morgan fingerprint density at radius 1 is 1.38 bits per heavy atom. The molecule has 16 heavy (non-hydrogen) atoms. The Morgan fingerprint density at radius 2 is 2.06 bits per heavy atom. The van der Waals surface area contributed by atoms with E-state index in [1.165, 1.54) is 0 Å². The van der Waals surface area contributed by atoms with Gasteiger partial charge in [0.25, 0.3) is 5.91 Å². The van der Waals surface area contributed by atoms with Crippen LogP contribution in [0.15, 0.2) is 18.2 Å². The Hall–Kier alpha value is -1.35. The zero-order valence-electron chi connectivity index (χ0n) is 10.4. The first kappa shape index (κ1) is 12.7. The molecule has 3 heteroatoms. The van der Waals surface area contributed by atoms with E-state index >= 15 is 0 Å². The van der Waals surface area contributed by atoms with E-state index in [2.05, 4.69) is 10.6 Å². The molecule has 1 atom stereocenters. The first-order chi connectivity index (χ1) is 7.54. The second kappa shape index (κ2) is 5.66. The van der Waals surface area contributed by atoms with Gasteiger partial charge in [0.15, 0.2) is 0 Å². The molecule has 3 nitrogen and oxygen atoms in total. The molecule has 0 aliphatic carbocycles. The van der Waals surface area contributed by atoms with Crippen LogP contribution >= 0.6 is 0 Å². The molecule has 0 aliphatic rings. The molecule has 88 valence electrons. The topological polar surface area (TPSA) is 41.1 Å². The highest BCUT2D eigenvalue weighted by Crippen LogP contribution is 2.10. The zero-order chi connectivity index (χ0) is 12.1. The van der Waals surface area contributed by atoms with Crippen LogP contribution in [0, 0.1) is 13.8 Å². The van der Waals surface area contributed by atoms with Crippen molar-refractivity contribution in [1.29, 1.82) is 0 Å². The fraction of sp³-hybridized carbons (Fsp3) is 0.462. The minimum atomic E-state index is 0.00306. The summed E-state index contributed by atoms with van der Waals surface area (Å²) in [6, 6.07) is 6.21. The van der Waals surface area contributed by atoms with Gasteiger partial charge in [0.2, 0.25) is 0 Å². The Labute approximate surface area is 97.2 Å². The quantitative estimate of drug-likeness (QED) is 0.810. The summed E-state index contributed by atoms with van der Waals surface area (Å²) >= 11 is 0. The monoisotopic (exact) mass is 220 g/mol. The molecular weight excluding hydrogens is 200 g/mol. The fourth-order valence-electron chi connectivity index (χ4n) is 1.42. The smallest absolute Gasteiger partial charge is 0.251 e. The average Bonchev–Trinajstić information content (AvgIpc) is 2.28. The summed E-state index contributed by atoms with van der Waals surface area (Å²) in [6.45, 7) is 6.62. The molecule has 1 unspecified atom stereocenters. The van der Waals surface area contributed by atoms with Gasteiger partial charge in [-0.2, -0.15) is 0 Å². The van der Waals surface area contributed by atoms with Crippen molar-refractivity contribution in [2.45, 2.75) is 26.8 Å². The first-order valence-corrected chi connectivity index (χ1v) is 5.57. The van der Waals surface area contributed by atoms with Crippen LogP contribution in [0.25, 0.3) is 0 Å². The highest BCUT2D eigenvalue weighted by atomic mass is 16.1. The third kappa shape index (κ3) is 3.35. The minimum absolute atomic E-state index is 0.00306. The highest BCUT2D eigenvalue weighted by molar-refractivity contribution is 5.95. The Kier molecular flexibility index (Phi) is 4.50. The molecule has 0 aromatic heterocycles. The molecule has 0 spiro atoms. The maximum absolute atomic E-state index is 11.9. The van der Waals surface area contributed by atoms with Crippen molar-refractivity contribution >= 4 is 5.91 Å². The van der Waals surface area contributed by atoms with Crippen molar-refractivity contribution in [3.05, 3.63) is 34.9 Å². The van der Waals surface area contributed by atoms with Crippen LogP contribution in [0.1, 0.15) is 28.4 Å². The lowest BCUT2D eigenvalue weighted by molar-refractivity contribution is 0.0950. The summed E-state index contributed by atoms with van der Waals surface area (Å²) in [5.74, 6) is 0.00306. The van der Waals surface area contributed by atoms with Gasteiger partial charge in [-0.3, -0.25) is 4.79 Å². The lowest BCUT2D eigenvalue weighted by Gasteiger charge is -2.12. The molecular formula is C13H20N2O. The summed E-state index contributed by atoms with van der Waals surface area (Å²) in [4.78, 5) is 11.9. The van der Waals surface area contributed by atoms with Gasteiger partial charge >= 0.3 is 0 Å². The number of hydrogen-bond acceptors (Lipinski definition) is 2. The largest absolute Gasteiger partial charge is 0.350 e. The Morgan fingerprint density at radius 3 is 2.69 bits per heavy atom. The predicted octanol–water partition coefficient (Wildman–Crippen LogP) is 1.64. The SMILES string of the molecule is CNC(C)CNC(=O)c1cc(C)ccc1C. The van der Waals surface area contributed by atoms with Gasteiger partial charge in [-0.15, -0.1) is 0 Å². The Bertz CT molecular complexity index is 374. The van der Waals surface area contributed by atoms with Gasteiger partial charge in [-0.05, 0) is 39.4 Å². The summed E-state index contributed by atoms with van der Waals surface area (Å²) in [6.07, 6.45) is 0. The number of aryl methyl sites for hydroxylation is 2. The number of nitrogens with one attached hydrogen (secondary N) is 2. The number of carbonyl (C=O) groups excluding carboxylic acids is 1. The maximum Gasteiger partial charge on any atom is 0.251 e. The molecule has 0 saturated heterocycles. The van der Waals surface area contributed by atoms with Crippen molar-refractivity contribution in [1.82, 2.24) is 10.6 Å². The van der Waals surface area contributed by atoms with E-state index in [-0.39, 0.29) is 11.9 Å². The third-order valence-corrected chi connectivity index (χ3v) is 2.70. The summed E-state index contributed by atoms with van der Waals surface area (Å²) in [5, 5.41) is 6.00. The van der Waals surface area contributed by atoms with Crippen LogP contribution in [-0.2, 0) is 0 Å². The van der Waals surface area contributed by atoms with Gasteiger partial charge in [0.1, 0.15) is 0 Å². The lowest BCUT2D eigenvalue weighted by Crippen LogP contribution is -2.37. The molecule has 1 aromatic rings. The molecule has 1 amide bonds. The number of hydrogen-bond donors (Lipinski definition) is 2. The second-order valence-electron chi connectivity index (χ2n) is 4.22. The normalized spacial score (nSPS) is 12.2. The molecule has 0 radical (unpaired) electrons. The van der Waals surface area contributed by atoms with E-state index < -0.39 is 0 Å². The molecule has 0 fully saturated rings. The highest BCUT2D eigenvalue weighted by Gasteiger charge is 2.09. The van der Waals surface area contributed by atoms with Crippen molar-refractivity contribution < 1.29 is 4.79 Å². The summed E-state index contributed by atoms with van der Waals surface area (Å²) < 4.78 is 0. The number of benzene rings is 1. The van der Waals surface area contributed by atoms with Crippen LogP contribution in [0.3, 0.4) is 0 Å². The fourth-order valence-corrected chi connectivity index (χ4v) is 1.42. The van der Waals surface area contributed by atoms with E-state index in [0.29, 0.717) is 6.54 Å². The third-order valence-electron chi connectivity index (χ3n) is 2.70. The maximum atomic E-state index is 11.9. The molecule has 0 bridgehead atoms. The molecule has 0 saturated carbocycles. The number of amides is 1. The van der Waals surface area contributed by atoms with Crippen molar-refractivity contribution in [3.8, 4) is 0 Å². The van der Waals surface area contributed by atoms with E-state index in [1.807, 2.05) is 46.0 Å². The van der Waals surface area contributed by atoms with Gasteiger partial charge in [0.05, 0.1) is 0 Å². The van der Waals surface area contributed by atoms with Crippen LogP contribution in [-0.4, -0.2) is 25.5 Å². The van der Waals surface area contributed by atoms with Gasteiger partial charge < -0.3 is 10.6 Å². The van der Waals surface area contributed by atoms with Crippen LogP contribution in [0.5, 0.6) is 0 Å². The number of carbonyl (C=O) groups is 1. The molecule has 2 N–H and O–H groups in total. The van der Waals surface area contributed by atoms with Crippen molar-refractivity contribution in [3.63, 3.8) is 0 Å². The summed E-state index contributed by atoms with van der Waals surface area (Å²) in [5.41, 5.74) is 2.89. The first-order valence-electron chi connectivity index (χ1n) is 5.57. The Balaban J connectivity index is 2.69. The van der Waals surface area contributed by atoms with Crippen LogP contribution in [0.2, 0.25) is 0 Å². The number of likely N-dealkylation sites (N-methyl/N-ethyl adjacent to an activating group) is 1. The molecule has 1 rings (SSSR count). The van der Waals surface area contributed by atoms with Gasteiger partial charge in [0, 0.05) is 18.2 Å². The van der Waals surface area contributed by atoms with Crippen molar-refractivity contribution in [2.75, 3.05) is 13.6 Å². The van der Waals surface area contributed by atoms with E-state index in [1.54, 1.807) is 0 Å². The van der Waals surface area contributed by atoms with Crippen LogP contribution < -0.4 is 10.6 Å². The van der Waals surface area contributed by atoms with Gasteiger partial charge in [-0.25, -0.2) is 0 Å². The number of rotatable bonds is 4. The van der Waals surface area contributed by atoms with Crippen molar-refractivity contribution in [2.24, 2.45) is 0 Å². The van der Waals surface area contributed by atoms with Crippen LogP contribution in [0.4, 0.5) is 0 Å². The zero-order valence-corrected chi connectivity index (χ0v) is 10.4. The molecule has 0 aliphatic heterocycles. The lowest BCUT2D eigenvalue weighted by atomic mass is 10.1. The van der Waals surface area contributed by atoms with E-state index in [9.17, 15) is 4.79 Å². The van der Waals surface area contributed by atoms with E-state index in [4.69, 9.17) is 0 Å². The minimum Gasteiger partial charge on any atom is -0.350 e. The second-order valence-corrected chi connectivity index (χ2v) is 4.22. The van der Waals surface area contributed by atoms with Gasteiger partial charge in [-0.1, -0.05) is 17.7 Å². The molecule has 1 aromatic carbocycles. The summed E-state index contributed by atoms with van der Waals surface area (Å²) in [7, 11) is 1.88. The standard InChI is InChI=1S/C13H20N2O/c1-9-5-6-10(2)12(7-9)13(16)15-8-11(3)14-4/h5-7,11,14H,8H2,1-4H3,(H,15,16). The van der Waals surface area contributed by atoms with E-state index in [0.717, 1.165) is 16.7 Å². The average molecular weight is 220 g/mol.